The molecule has 3 heteroatoms. The summed E-state index contributed by atoms with van der Waals surface area (Å²) in [4.78, 5) is 0. The number of hydrogen-bond donors (Lipinski definition) is 3. The highest BCUT2D eigenvalue weighted by molar-refractivity contribution is 5.04. The van der Waals surface area contributed by atoms with Crippen LogP contribution in [0, 0.1) is 0 Å². The molecular formula is C11H21NO2. The van der Waals surface area contributed by atoms with Crippen molar-refractivity contribution in [3.05, 3.63) is 0 Å². The van der Waals surface area contributed by atoms with E-state index < -0.39 is 0 Å². The molecule has 3 N–H and O–H groups in total. The van der Waals surface area contributed by atoms with E-state index in [1.807, 2.05) is 0 Å². The SMILES string of the molecule is OCC1(NC2CCCCCC2O)CC1. The zero-order valence-corrected chi connectivity index (χ0v) is 8.71. The number of nitrogens with one attached hydrogen (secondary N) is 1. The highest BCUT2D eigenvalue weighted by Gasteiger charge is 2.44. The number of hydrogen-bond acceptors (Lipinski definition) is 3. The Morgan fingerprint density at radius 3 is 2.50 bits per heavy atom. The molecule has 0 spiro atoms. The molecule has 0 radical (unpaired) electrons. The van der Waals surface area contributed by atoms with Gasteiger partial charge in [-0.05, 0) is 25.7 Å². The molecule has 0 aromatic rings. The van der Waals surface area contributed by atoms with Crippen molar-refractivity contribution in [3.63, 3.8) is 0 Å². The van der Waals surface area contributed by atoms with E-state index in [0.29, 0.717) is 0 Å². The van der Waals surface area contributed by atoms with Crippen LogP contribution in [0.25, 0.3) is 0 Å². The maximum atomic E-state index is 9.89. The Balaban J connectivity index is 1.88. The molecule has 14 heavy (non-hydrogen) atoms. The third-order valence-corrected chi connectivity index (χ3v) is 3.63. The second kappa shape index (κ2) is 4.17. The van der Waals surface area contributed by atoms with E-state index in [-0.39, 0.29) is 24.3 Å². The summed E-state index contributed by atoms with van der Waals surface area (Å²) in [5, 5.41) is 22.5. The summed E-state index contributed by atoms with van der Waals surface area (Å²) in [7, 11) is 0. The van der Waals surface area contributed by atoms with Crippen LogP contribution < -0.4 is 5.32 Å². The molecule has 0 aliphatic heterocycles. The Kier molecular flexibility index (Phi) is 3.10. The Morgan fingerprint density at radius 2 is 1.86 bits per heavy atom. The Morgan fingerprint density at radius 1 is 1.14 bits per heavy atom. The predicted molar refractivity (Wildman–Crippen MR) is 55.1 cm³/mol. The quantitative estimate of drug-likeness (QED) is 0.589. The average molecular weight is 199 g/mol. The molecule has 2 unspecified atom stereocenters. The second-order valence-electron chi connectivity index (χ2n) is 4.89. The summed E-state index contributed by atoms with van der Waals surface area (Å²) in [6, 6.07) is 0.215. The Bertz CT molecular complexity index is 192. The van der Waals surface area contributed by atoms with E-state index in [1.165, 1.54) is 12.8 Å². The lowest BCUT2D eigenvalue weighted by Gasteiger charge is -2.26. The van der Waals surface area contributed by atoms with Crippen molar-refractivity contribution in [3.8, 4) is 0 Å². The van der Waals surface area contributed by atoms with Crippen molar-refractivity contribution in [2.75, 3.05) is 6.61 Å². The van der Waals surface area contributed by atoms with Crippen LogP contribution in [0.3, 0.4) is 0 Å². The van der Waals surface area contributed by atoms with Gasteiger partial charge in [0.2, 0.25) is 0 Å². The Labute approximate surface area is 85.5 Å². The molecule has 2 aliphatic carbocycles. The molecule has 0 bridgehead atoms. The number of aliphatic hydroxyl groups excluding tert-OH is 2. The van der Waals surface area contributed by atoms with Crippen molar-refractivity contribution in [1.29, 1.82) is 0 Å². The fourth-order valence-corrected chi connectivity index (χ4v) is 2.35. The molecule has 0 saturated heterocycles. The van der Waals surface area contributed by atoms with Gasteiger partial charge < -0.3 is 15.5 Å². The molecule has 0 heterocycles. The highest BCUT2D eigenvalue weighted by atomic mass is 16.3. The van der Waals surface area contributed by atoms with Crippen molar-refractivity contribution in [1.82, 2.24) is 5.32 Å². The van der Waals surface area contributed by atoms with Gasteiger partial charge in [-0.15, -0.1) is 0 Å². The van der Waals surface area contributed by atoms with Crippen molar-refractivity contribution < 1.29 is 10.2 Å². The van der Waals surface area contributed by atoms with Crippen LogP contribution in [0.15, 0.2) is 0 Å². The molecule has 2 rings (SSSR count). The molecular weight excluding hydrogens is 178 g/mol. The monoisotopic (exact) mass is 199 g/mol. The lowest BCUT2D eigenvalue weighted by Crippen LogP contribution is -2.48. The van der Waals surface area contributed by atoms with Crippen LogP contribution in [0.4, 0.5) is 0 Å². The van der Waals surface area contributed by atoms with Crippen molar-refractivity contribution >= 4 is 0 Å². The van der Waals surface area contributed by atoms with Crippen LogP contribution in [0.2, 0.25) is 0 Å². The summed E-state index contributed by atoms with van der Waals surface area (Å²) >= 11 is 0. The normalized spacial score (nSPS) is 36.4. The first-order valence-corrected chi connectivity index (χ1v) is 5.82. The molecule has 2 aliphatic rings. The first kappa shape index (κ1) is 10.4. The fraction of sp³-hybridized carbons (Fsp3) is 1.00. The minimum atomic E-state index is -0.207. The van der Waals surface area contributed by atoms with E-state index in [9.17, 15) is 10.2 Å². The molecule has 0 aromatic heterocycles. The van der Waals surface area contributed by atoms with E-state index in [2.05, 4.69) is 5.32 Å². The van der Waals surface area contributed by atoms with E-state index in [0.717, 1.165) is 32.1 Å². The van der Waals surface area contributed by atoms with Gasteiger partial charge in [0, 0.05) is 11.6 Å². The largest absolute Gasteiger partial charge is 0.394 e. The average Bonchev–Trinajstić information content (AvgIpc) is 2.97. The van der Waals surface area contributed by atoms with Gasteiger partial charge in [-0.1, -0.05) is 19.3 Å². The molecule has 0 aromatic carbocycles. The Hall–Kier alpha value is -0.120. The summed E-state index contributed by atoms with van der Waals surface area (Å²) in [6.45, 7) is 0.218. The van der Waals surface area contributed by atoms with Gasteiger partial charge >= 0.3 is 0 Å². The molecule has 0 amide bonds. The second-order valence-corrected chi connectivity index (χ2v) is 4.89. The van der Waals surface area contributed by atoms with E-state index >= 15 is 0 Å². The summed E-state index contributed by atoms with van der Waals surface area (Å²) in [5.41, 5.74) is -0.0318. The zero-order valence-electron chi connectivity index (χ0n) is 8.71. The van der Waals surface area contributed by atoms with Gasteiger partial charge in [-0.3, -0.25) is 0 Å². The molecule has 2 fully saturated rings. The van der Waals surface area contributed by atoms with Crippen molar-refractivity contribution in [2.24, 2.45) is 0 Å². The predicted octanol–water partition coefficient (Wildman–Crippen LogP) is 0.794. The van der Waals surface area contributed by atoms with Gasteiger partial charge in [-0.2, -0.15) is 0 Å². The molecule has 82 valence electrons. The lowest BCUT2D eigenvalue weighted by atomic mass is 10.0. The molecule has 2 atom stereocenters. The minimum absolute atomic E-state index is 0.0318. The summed E-state index contributed by atoms with van der Waals surface area (Å²) in [6.07, 6.45) is 7.48. The zero-order chi connectivity index (χ0) is 10.0. The summed E-state index contributed by atoms with van der Waals surface area (Å²) < 4.78 is 0. The third kappa shape index (κ3) is 2.27. The first-order chi connectivity index (χ1) is 6.76. The number of rotatable bonds is 3. The maximum absolute atomic E-state index is 9.89. The van der Waals surface area contributed by atoms with Crippen molar-refractivity contribution in [2.45, 2.75) is 62.6 Å². The smallest absolute Gasteiger partial charge is 0.0693 e. The standard InChI is InChI=1S/C11H21NO2/c13-8-11(6-7-11)12-9-4-2-1-3-5-10(9)14/h9-10,12-14H,1-8H2. The van der Waals surface area contributed by atoms with Gasteiger partial charge in [0.05, 0.1) is 12.7 Å². The van der Waals surface area contributed by atoms with Gasteiger partial charge in [0.1, 0.15) is 0 Å². The van der Waals surface area contributed by atoms with Gasteiger partial charge in [0.15, 0.2) is 0 Å². The van der Waals surface area contributed by atoms with Crippen LogP contribution in [0.5, 0.6) is 0 Å². The summed E-state index contributed by atoms with van der Waals surface area (Å²) in [5.74, 6) is 0. The van der Waals surface area contributed by atoms with Gasteiger partial charge in [0.25, 0.3) is 0 Å². The fourth-order valence-electron chi connectivity index (χ4n) is 2.35. The van der Waals surface area contributed by atoms with Crippen LogP contribution >= 0.6 is 0 Å². The highest BCUT2D eigenvalue weighted by Crippen LogP contribution is 2.36. The molecule has 3 nitrogen and oxygen atoms in total. The van der Waals surface area contributed by atoms with Crippen LogP contribution in [-0.2, 0) is 0 Å². The lowest BCUT2D eigenvalue weighted by molar-refractivity contribution is 0.101. The van der Waals surface area contributed by atoms with E-state index in [1.54, 1.807) is 0 Å². The first-order valence-electron chi connectivity index (χ1n) is 5.82. The van der Waals surface area contributed by atoms with Crippen LogP contribution in [0.1, 0.15) is 44.9 Å². The third-order valence-electron chi connectivity index (χ3n) is 3.63. The van der Waals surface area contributed by atoms with Crippen LogP contribution in [-0.4, -0.2) is 34.5 Å². The number of aliphatic hydroxyl groups is 2. The minimum Gasteiger partial charge on any atom is -0.394 e. The molecule has 2 saturated carbocycles. The topological polar surface area (TPSA) is 52.5 Å². The maximum Gasteiger partial charge on any atom is 0.0693 e. The van der Waals surface area contributed by atoms with Gasteiger partial charge in [-0.25, -0.2) is 0 Å². The van der Waals surface area contributed by atoms with E-state index in [4.69, 9.17) is 0 Å².